The summed E-state index contributed by atoms with van der Waals surface area (Å²) in [5, 5.41) is 0. The molecule has 2 N–H and O–H groups in total. The van der Waals surface area contributed by atoms with Gasteiger partial charge in [-0.05, 0) is 31.4 Å². The molecule has 1 aromatic heterocycles. The van der Waals surface area contributed by atoms with Gasteiger partial charge in [0.25, 0.3) is 0 Å². The number of hydrogen-bond donors (Lipinski definition) is 1. The molecular formula is C13H23N3. The van der Waals surface area contributed by atoms with Gasteiger partial charge in [-0.25, -0.2) is 4.98 Å². The highest BCUT2D eigenvalue weighted by atomic mass is 15.2. The Morgan fingerprint density at radius 3 is 2.19 bits per heavy atom. The van der Waals surface area contributed by atoms with E-state index in [-0.39, 0.29) is 6.04 Å². The van der Waals surface area contributed by atoms with Gasteiger partial charge in [-0.3, -0.25) is 0 Å². The third-order valence-corrected chi connectivity index (χ3v) is 3.23. The summed E-state index contributed by atoms with van der Waals surface area (Å²) >= 11 is 0. The molecular weight excluding hydrogens is 198 g/mol. The fraction of sp³-hybridized carbons (Fsp3) is 0.615. The first-order valence-corrected chi connectivity index (χ1v) is 5.87. The molecule has 90 valence electrons. The van der Waals surface area contributed by atoms with Crippen molar-refractivity contribution in [2.24, 2.45) is 11.7 Å². The number of aromatic nitrogens is 1. The molecule has 2 atom stereocenters. The van der Waals surface area contributed by atoms with E-state index in [9.17, 15) is 0 Å². The van der Waals surface area contributed by atoms with Crippen LogP contribution < -0.4 is 10.6 Å². The molecule has 0 saturated carbocycles. The topological polar surface area (TPSA) is 42.1 Å². The van der Waals surface area contributed by atoms with E-state index in [1.807, 2.05) is 19.2 Å². The van der Waals surface area contributed by atoms with Crippen molar-refractivity contribution in [1.82, 2.24) is 4.98 Å². The van der Waals surface area contributed by atoms with Gasteiger partial charge in [0.1, 0.15) is 5.82 Å². The average molecular weight is 221 g/mol. The number of hydrogen-bond acceptors (Lipinski definition) is 3. The summed E-state index contributed by atoms with van der Waals surface area (Å²) in [4.78, 5) is 6.65. The van der Waals surface area contributed by atoms with E-state index in [0.717, 1.165) is 11.4 Å². The van der Waals surface area contributed by atoms with Gasteiger partial charge in [-0.15, -0.1) is 0 Å². The van der Waals surface area contributed by atoms with Crippen LogP contribution in [0.2, 0.25) is 0 Å². The summed E-state index contributed by atoms with van der Waals surface area (Å²) < 4.78 is 0. The van der Waals surface area contributed by atoms with Gasteiger partial charge in [0.2, 0.25) is 0 Å². The first-order chi connectivity index (χ1) is 7.43. The van der Waals surface area contributed by atoms with Crippen molar-refractivity contribution in [2.45, 2.75) is 39.8 Å². The quantitative estimate of drug-likeness (QED) is 0.849. The molecule has 0 fully saturated rings. The zero-order valence-electron chi connectivity index (χ0n) is 10.9. The molecule has 0 bridgehead atoms. The van der Waals surface area contributed by atoms with Crippen LogP contribution in [0.25, 0.3) is 0 Å². The predicted molar refractivity (Wildman–Crippen MR) is 69.5 cm³/mol. The Hall–Kier alpha value is -1.09. The Morgan fingerprint density at radius 2 is 1.81 bits per heavy atom. The molecule has 3 nitrogen and oxygen atoms in total. The van der Waals surface area contributed by atoms with E-state index < -0.39 is 0 Å². The number of nitrogens with two attached hydrogens (primary N) is 1. The molecule has 0 radical (unpaired) electrons. The lowest BCUT2D eigenvalue weighted by molar-refractivity contribution is 0.502. The molecule has 0 aliphatic rings. The van der Waals surface area contributed by atoms with Crippen LogP contribution in [0.15, 0.2) is 18.3 Å². The molecule has 0 aliphatic heterocycles. The SMILES string of the molecule is CC(C)C(C)N(C)c1ccc([C@@H](C)N)cn1. The minimum atomic E-state index is 0.0504. The van der Waals surface area contributed by atoms with Gasteiger partial charge >= 0.3 is 0 Å². The van der Waals surface area contributed by atoms with Gasteiger partial charge in [0, 0.05) is 25.3 Å². The predicted octanol–water partition coefficient (Wildman–Crippen LogP) is 2.58. The van der Waals surface area contributed by atoms with Crippen molar-refractivity contribution >= 4 is 5.82 Å². The van der Waals surface area contributed by atoms with Crippen LogP contribution in [0.3, 0.4) is 0 Å². The van der Waals surface area contributed by atoms with Gasteiger partial charge in [-0.1, -0.05) is 19.9 Å². The second kappa shape index (κ2) is 5.30. The van der Waals surface area contributed by atoms with E-state index >= 15 is 0 Å². The summed E-state index contributed by atoms with van der Waals surface area (Å²) in [6.07, 6.45) is 1.86. The monoisotopic (exact) mass is 221 g/mol. The van der Waals surface area contributed by atoms with Crippen LogP contribution in [-0.4, -0.2) is 18.1 Å². The summed E-state index contributed by atoms with van der Waals surface area (Å²) in [7, 11) is 2.08. The van der Waals surface area contributed by atoms with Crippen LogP contribution in [0, 0.1) is 5.92 Å². The number of anilines is 1. The summed E-state index contributed by atoms with van der Waals surface area (Å²) in [5.41, 5.74) is 6.87. The molecule has 1 heterocycles. The molecule has 1 aromatic rings. The molecule has 0 amide bonds. The van der Waals surface area contributed by atoms with Crippen molar-refractivity contribution < 1.29 is 0 Å². The number of pyridine rings is 1. The lowest BCUT2D eigenvalue weighted by Gasteiger charge is -2.29. The van der Waals surface area contributed by atoms with Crippen molar-refractivity contribution in [3.05, 3.63) is 23.9 Å². The minimum absolute atomic E-state index is 0.0504. The Kier molecular flexibility index (Phi) is 4.30. The highest BCUT2D eigenvalue weighted by Gasteiger charge is 2.14. The number of rotatable bonds is 4. The molecule has 1 unspecified atom stereocenters. The Bertz CT molecular complexity index is 316. The minimum Gasteiger partial charge on any atom is -0.357 e. The van der Waals surface area contributed by atoms with Crippen LogP contribution in [0.1, 0.15) is 39.3 Å². The maximum atomic E-state index is 5.79. The fourth-order valence-corrected chi connectivity index (χ4v) is 1.53. The third kappa shape index (κ3) is 2.95. The normalized spacial score (nSPS) is 14.9. The van der Waals surface area contributed by atoms with Gasteiger partial charge < -0.3 is 10.6 Å². The Labute approximate surface area is 98.7 Å². The number of nitrogens with zero attached hydrogens (tertiary/aromatic N) is 2. The van der Waals surface area contributed by atoms with Gasteiger partial charge in [0.15, 0.2) is 0 Å². The molecule has 3 heteroatoms. The molecule has 1 rings (SSSR count). The zero-order chi connectivity index (χ0) is 12.3. The van der Waals surface area contributed by atoms with Crippen molar-refractivity contribution in [3.63, 3.8) is 0 Å². The first kappa shape index (κ1) is 13.0. The summed E-state index contributed by atoms with van der Waals surface area (Å²) in [6.45, 7) is 8.62. The molecule has 16 heavy (non-hydrogen) atoms. The van der Waals surface area contributed by atoms with Crippen LogP contribution in [0.5, 0.6) is 0 Å². The summed E-state index contributed by atoms with van der Waals surface area (Å²) in [6, 6.07) is 4.62. The first-order valence-electron chi connectivity index (χ1n) is 5.87. The highest BCUT2D eigenvalue weighted by molar-refractivity contribution is 5.39. The fourth-order valence-electron chi connectivity index (χ4n) is 1.53. The zero-order valence-corrected chi connectivity index (χ0v) is 10.9. The van der Waals surface area contributed by atoms with Crippen LogP contribution in [-0.2, 0) is 0 Å². The van der Waals surface area contributed by atoms with Crippen molar-refractivity contribution in [2.75, 3.05) is 11.9 Å². The van der Waals surface area contributed by atoms with Crippen molar-refractivity contribution in [3.8, 4) is 0 Å². The maximum absolute atomic E-state index is 5.79. The molecule has 0 spiro atoms. The maximum Gasteiger partial charge on any atom is 0.128 e. The van der Waals surface area contributed by atoms with E-state index in [1.54, 1.807) is 0 Å². The lowest BCUT2D eigenvalue weighted by Crippen LogP contribution is -2.33. The smallest absolute Gasteiger partial charge is 0.128 e. The van der Waals surface area contributed by atoms with Gasteiger partial charge in [-0.2, -0.15) is 0 Å². The van der Waals surface area contributed by atoms with Crippen LogP contribution >= 0.6 is 0 Å². The molecule has 0 saturated heterocycles. The lowest BCUT2D eigenvalue weighted by atomic mass is 10.1. The Morgan fingerprint density at radius 1 is 1.19 bits per heavy atom. The van der Waals surface area contributed by atoms with E-state index in [1.165, 1.54) is 0 Å². The Balaban J connectivity index is 2.81. The second-order valence-corrected chi connectivity index (χ2v) is 4.83. The molecule has 0 aliphatic carbocycles. The third-order valence-electron chi connectivity index (χ3n) is 3.23. The molecule has 0 aromatic carbocycles. The van der Waals surface area contributed by atoms with E-state index in [2.05, 4.69) is 43.8 Å². The average Bonchev–Trinajstić information content (AvgIpc) is 2.27. The van der Waals surface area contributed by atoms with Crippen molar-refractivity contribution in [1.29, 1.82) is 0 Å². The highest BCUT2D eigenvalue weighted by Crippen LogP contribution is 2.18. The van der Waals surface area contributed by atoms with E-state index in [4.69, 9.17) is 5.73 Å². The van der Waals surface area contributed by atoms with Crippen LogP contribution in [0.4, 0.5) is 5.82 Å². The summed E-state index contributed by atoms with van der Waals surface area (Å²) in [5.74, 6) is 1.62. The second-order valence-electron chi connectivity index (χ2n) is 4.83. The largest absolute Gasteiger partial charge is 0.357 e. The van der Waals surface area contributed by atoms with Gasteiger partial charge in [0.05, 0.1) is 0 Å². The van der Waals surface area contributed by atoms with E-state index in [0.29, 0.717) is 12.0 Å². The standard InChI is InChI=1S/C13H23N3/c1-9(2)11(4)16(5)13-7-6-12(8-15-13)10(3)14/h6-11H,14H2,1-5H3/t10-,11?/m1/s1.